The molecule has 1 aromatic carbocycles. The lowest BCUT2D eigenvalue weighted by atomic mass is 10.3. The van der Waals surface area contributed by atoms with Crippen LogP contribution in [0, 0.1) is 5.82 Å². The number of hydrogen-bond acceptors (Lipinski definition) is 4. The van der Waals surface area contributed by atoms with E-state index in [4.69, 9.17) is 5.11 Å². The summed E-state index contributed by atoms with van der Waals surface area (Å²) in [5, 5.41) is 11.0. The molecule has 0 aliphatic carbocycles. The molecule has 1 aliphatic heterocycles. The number of nitrogens with one attached hydrogen (secondary N) is 2. The number of benzene rings is 1. The van der Waals surface area contributed by atoms with Crippen LogP contribution in [0.3, 0.4) is 0 Å². The summed E-state index contributed by atoms with van der Waals surface area (Å²) in [5.74, 6) is -2.04. The minimum atomic E-state index is -3.91. The van der Waals surface area contributed by atoms with Crippen molar-refractivity contribution in [3.63, 3.8) is 0 Å². The van der Waals surface area contributed by atoms with Gasteiger partial charge in [0.2, 0.25) is 10.0 Å². The minimum Gasteiger partial charge on any atom is -0.479 e. The Morgan fingerprint density at radius 3 is 2.75 bits per heavy atom. The molecule has 3 N–H and O–H groups in total. The summed E-state index contributed by atoms with van der Waals surface area (Å²) in [6.45, 7) is 0. The first-order valence-corrected chi connectivity index (χ1v) is 5.70. The van der Waals surface area contributed by atoms with Crippen molar-refractivity contribution in [3.05, 3.63) is 24.0 Å². The van der Waals surface area contributed by atoms with Crippen molar-refractivity contribution in [2.75, 3.05) is 5.32 Å². The number of halogens is 1. The third-order valence-electron chi connectivity index (χ3n) is 2.05. The van der Waals surface area contributed by atoms with E-state index >= 15 is 0 Å². The largest absolute Gasteiger partial charge is 0.479 e. The van der Waals surface area contributed by atoms with Crippen LogP contribution in [0.1, 0.15) is 0 Å². The van der Waals surface area contributed by atoms with Gasteiger partial charge >= 0.3 is 5.97 Å². The van der Waals surface area contributed by atoms with Crippen LogP contribution >= 0.6 is 0 Å². The summed E-state index contributed by atoms with van der Waals surface area (Å²) in [6.07, 6.45) is -1.49. The monoisotopic (exact) mass is 246 g/mol. The molecule has 0 saturated carbocycles. The SMILES string of the molecule is O=C(O)C1Nc2cc(F)ccc2S(=O)(=O)N1. The highest BCUT2D eigenvalue weighted by Gasteiger charge is 2.33. The number of carbonyl (C=O) groups is 1. The Hall–Kier alpha value is -1.67. The molecular weight excluding hydrogens is 239 g/mol. The first-order valence-electron chi connectivity index (χ1n) is 4.21. The lowest BCUT2D eigenvalue weighted by molar-refractivity contribution is -0.138. The van der Waals surface area contributed by atoms with Crippen molar-refractivity contribution in [1.82, 2.24) is 4.72 Å². The third kappa shape index (κ3) is 1.72. The molecule has 1 unspecified atom stereocenters. The molecule has 0 radical (unpaired) electrons. The van der Waals surface area contributed by atoms with Crippen LogP contribution in [0.15, 0.2) is 23.1 Å². The Labute approximate surface area is 90.1 Å². The molecule has 0 bridgehead atoms. The van der Waals surface area contributed by atoms with E-state index in [0.717, 1.165) is 18.2 Å². The number of anilines is 1. The van der Waals surface area contributed by atoms with E-state index in [2.05, 4.69) is 5.32 Å². The van der Waals surface area contributed by atoms with Gasteiger partial charge < -0.3 is 10.4 Å². The molecular formula is C8H7FN2O4S. The summed E-state index contributed by atoms with van der Waals surface area (Å²) in [4.78, 5) is 10.5. The maximum absolute atomic E-state index is 12.9. The molecule has 0 aromatic heterocycles. The number of carboxylic acids is 1. The van der Waals surface area contributed by atoms with Gasteiger partial charge in [0.15, 0.2) is 6.17 Å². The molecule has 1 atom stereocenters. The lowest BCUT2D eigenvalue weighted by Crippen LogP contribution is -2.49. The molecule has 2 rings (SSSR count). The van der Waals surface area contributed by atoms with E-state index in [9.17, 15) is 17.6 Å². The summed E-state index contributed by atoms with van der Waals surface area (Å²) >= 11 is 0. The average molecular weight is 246 g/mol. The van der Waals surface area contributed by atoms with Crippen LogP contribution in [0.5, 0.6) is 0 Å². The van der Waals surface area contributed by atoms with Crippen molar-refractivity contribution in [2.45, 2.75) is 11.1 Å². The lowest BCUT2D eigenvalue weighted by Gasteiger charge is -2.24. The molecule has 0 saturated heterocycles. The zero-order chi connectivity index (χ0) is 11.9. The van der Waals surface area contributed by atoms with Crippen LogP contribution < -0.4 is 10.0 Å². The fraction of sp³-hybridized carbons (Fsp3) is 0.125. The van der Waals surface area contributed by atoms with Crippen molar-refractivity contribution < 1.29 is 22.7 Å². The molecule has 16 heavy (non-hydrogen) atoms. The molecule has 1 heterocycles. The van der Waals surface area contributed by atoms with Crippen LogP contribution in [-0.4, -0.2) is 25.7 Å². The van der Waals surface area contributed by atoms with Crippen LogP contribution in [0.2, 0.25) is 0 Å². The van der Waals surface area contributed by atoms with Gasteiger partial charge in [-0.05, 0) is 18.2 Å². The zero-order valence-corrected chi connectivity index (χ0v) is 8.58. The summed E-state index contributed by atoms with van der Waals surface area (Å²) < 4.78 is 37.9. The van der Waals surface area contributed by atoms with E-state index in [0.29, 0.717) is 0 Å². The predicted octanol–water partition coefficient (Wildman–Crippen LogP) is -0.0598. The Morgan fingerprint density at radius 1 is 1.44 bits per heavy atom. The van der Waals surface area contributed by atoms with Gasteiger partial charge in [-0.1, -0.05) is 0 Å². The topological polar surface area (TPSA) is 95.5 Å². The van der Waals surface area contributed by atoms with E-state index in [1.54, 1.807) is 0 Å². The molecule has 0 fully saturated rings. The second-order valence-corrected chi connectivity index (χ2v) is 4.86. The first-order chi connectivity index (χ1) is 7.40. The van der Waals surface area contributed by atoms with Gasteiger partial charge in [-0.25, -0.2) is 17.6 Å². The standard InChI is InChI=1S/C8H7FN2O4S/c9-4-1-2-6-5(3-4)10-7(8(12)13)11-16(6,14)15/h1-3,7,10-11H,(H,12,13). The number of carboxylic acid groups (broad SMARTS) is 1. The molecule has 0 spiro atoms. The Bertz CT molecular complexity index is 557. The van der Waals surface area contributed by atoms with Crippen molar-refractivity contribution in [2.24, 2.45) is 0 Å². The van der Waals surface area contributed by atoms with Gasteiger partial charge in [-0.3, -0.25) is 0 Å². The third-order valence-corrected chi connectivity index (χ3v) is 3.53. The number of rotatable bonds is 1. The van der Waals surface area contributed by atoms with Crippen LogP contribution in [0.4, 0.5) is 10.1 Å². The molecule has 6 nitrogen and oxygen atoms in total. The van der Waals surface area contributed by atoms with Crippen molar-refractivity contribution in [1.29, 1.82) is 0 Å². The summed E-state index contributed by atoms with van der Waals surface area (Å²) in [7, 11) is -3.91. The molecule has 1 aliphatic rings. The smallest absolute Gasteiger partial charge is 0.342 e. The fourth-order valence-electron chi connectivity index (χ4n) is 1.37. The Kier molecular flexibility index (Phi) is 2.32. The first kappa shape index (κ1) is 10.8. The number of sulfonamides is 1. The van der Waals surface area contributed by atoms with Gasteiger partial charge in [-0.15, -0.1) is 0 Å². The normalized spacial score (nSPS) is 21.9. The second kappa shape index (κ2) is 3.42. The molecule has 0 amide bonds. The van der Waals surface area contributed by atoms with Crippen LogP contribution in [0.25, 0.3) is 0 Å². The van der Waals surface area contributed by atoms with Gasteiger partial charge in [-0.2, -0.15) is 4.72 Å². The molecule has 8 heteroatoms. The second-order valence-electron chi connectivity index (χ2n) is 3.18. The van der Waals surface area contributed by atoms with Crippen molar-refractivity contribution in [3.8, 4) is 0 Å². The number of hydrogen-bond donors (Lipinski definition) is 3. The van der Waals surface area contributed by atoms with Gasteiger partial charge in [0.05, 0.1) is 5.69 Å². The molecule has 1 aromatic rings. The summed E-state index contributed by atoms with van der Waals surface area (Å²) in [5.41, 5.74) is -0.0637. The highest BCUT2D eigenvalue weighted by molar-refractivity contribution is 7.89. The summed E-state index contributed by atoms with van der Waals surface area (Å²) in [6, 6.07) is 2.99. The highest BCUT2D eigenvalue weighted by atomic mass is 32.2. The van der Waals surface area contributed by atoms with Gasteiger partial charge in [0, 0.05) is 0 Å². The van der Waals surface area contributed by atoms with Gasteiger partial charge in [0.1, 0.15) is 10.7 Å². The highest BCUT2D eigenvalue weighted by Crippen LogP contribution is 2.26. The number of fused-ring (bicyclic) bond motifs is 1. The molecule has 86 valence electrons. The zero-order valence-electron chi connectivity index (χ0n) is 7.77. The maximum atomic E-state index is 12.9. The van der Waals surface area contributed by atoms with Gasteiger partial charge in [0.25, 0.3) is 0 Å². The predicted molar refractivity (Wildman–Crippen MR) is 51.8 cm³/mol. The van der Waals surface area contributed by atoms with Crippen molar-refractivity contribution >= 4 is 21.7 Å². The van der Waals surface area contributed by atoms with E-state index in [-0.39, 0.29) is 10.6 Å². The maximum Gasteiger partial charge on any atom is 0.342 e. The van der Waals surface area contributed by atoms with E-state index < -0.39 is 28.0 Å². The quantitative estimate of drug-likeness (QED) is 0.645. The fourth-order valence-corrected chi connectivity index (χ4v) is 2.62. The van der Waals surface area contributed by atoms with Crippen LogP contribution in [-0.2, 0) is 14.8 Å². The van der Waals surface area contributed by atoms with E-state index in [1.807, 2.05) is 4.72 Å². The minimum absolute atomic E-state index is 0.0637. The van der Waals surface area contributed by atoms with E-state index in [1.165, 1.54) is 0 Å². The number of aliphatic carboxylic acids is 1. The average Bonchev–Trinajstić information content (AvgIpc) is 2.15. The Morgan fingerprint density at radius 2 is 2.12 bits per heavy atom. The Balaban J connectivity index is 2.56.